The molecule has 1 rings (SSSR count). The number of carbonyl (C=O) groups is 1. The molecule has 0 spiro atoms. The summed E-state index contributed by atoms with van der Waals surface area (Å²) in [6.07, 6.45) is -0.713. The molecule has 0 aliphatic carbocycles. The third kappa shape index (κ3) is 3.11. The first-order valence-corrected chi connectivity index (χ1v) is 3.90. The van der Waals surface area contributed by atoms with Crippen LogP contribution in [0.3, 0.4) is 0 Å². The summed E-state index contributed by atoms with van der Waals surface area (Å²) in [5.74, 6) is -0.297. The number of nitrogens with one attached hydrogen (secondary N) is 1. The third-order valence-electron chi connectivity index (χ3n) is 1.63. The normalized spacial score (nSPS) is 9.62. The summed E-state index contributed by atoms with van der Waals surface area (Å²) in [6.45, 7) is 0.232. The number of carboxylic acid groups (broad SMARTS) is 1. The molecule has 0 fully saturated rings. The Balaban J connectivity index is 2.45. The summed E-state index contributed by atoms with van der Waals surface area (Å²) in [7, 11) is 0. The quantitative estimate of drug-likeness (QED) is 0.748. The second-order valence-electron chi connectivity index (χ2n) is 2.57. The molecule has 0 aliphatic rings. The van der Waals surface area contributed by atoms with Crippen molar-refractivity contribution in [2.75, 3.05) is 6.54 Å². The smallest absolute Gasteiger partial charge is 0.404 e. The van der Waals surface area contributed by atoms with E-state index in [4.69, 9.17) is 5.11 Å². The highest BCUT2D eigenvalue weighted by Gasteiger charge is 2.00. The molecule has 2 N–H and O–H groups in total. The second-order valence-corrected chi connectivity index (χ2v) is 2.57. The lowest BCUT2D eigenvalue weighted by Gasteiger charge is -2.02. The van der Waals surface area contributed by atoms with Gasteiger partial charge < -0.3 is 10.4 Å². The van der Waals surface area contributed by atoms with E-state index < -0.39 is 6.09 Å². The van der Waals surface area contributed by atoms with Crippen molar-refractivity contribution in [3.8, 4) is 0 Å². The Morgan fingerprint density at radius 3 is 2.77 bits per heavy atom. The van der Waals surface area contributed by atoms with Gasteiger partial charge in [-0.05, 0) is 18.1 Å². The van der Waals surface area contributed by atoms with Crippen LogP contribution in [0, 0.1) is 5.82 Å². The summed E-state index contributed by atoms with van der Waals surface area (Å²) in [5, 5.41) is 10.4. The van der Waals surface area contributed by atoms with Crippen LogP contribution in [0.4, 0.5) is 9.18 Å². The van der Waals surface area contributed by atoms with Gasteiger partial charge in [0.15, 0.2) is 0 Å². The number of amides is 1. The van der Waals surface area contributed by atoms with E-state index in [1.807, 2.05) is 0 Å². The van der Waals surface area contributed by atoms with E-state index in [2.05, 4.69) is 5.32 Å². The lowest BCUT2D eigenvalue weighted by Crippen LogP contribution is -2.23. The molecule has 13 heavy (non-hydrogen) atoms. The fraction of sp³-hybridized carbons (Fsp3) is 0.222. The van der Waals surface area contributed by atoms with Gasteiger partial charge in [0.2, 0.25) is 0 Å². The van der Waals surface area contributed by atoms with Crippen molar-refractivity contribution >= 4 is 6.09 Å². The lowest BCUT2D eigenvalue weighted by molar-refractivity contribution is 0.194. The van der Waals surface area contributed by atoms with Crippen LogP contribution in [0.2, 0.25) is 0 Å². The van der Waals surface area contributed by atoms with Gasteiger partial charge in [-0.1, -0.05) is 18.2 Å². The highest BCUT2D eigenvalue weighted by molar-refractivity contribution is 5.64. The van der Waals surface area contributed by atoms with Crippen molar-refractivity contribution < 1.29 is 14.3 Å². The van der Waals surface area contributed by atoms with Crippen LogP contribution in [0.1, 0.15) is 5.56 Å². The van der Waals surface area contributed by atoms with Gasteiger partial charge in [-0.25, -0.2) is 9.18 Å². The van der Waals surface area contributed by atoms with Crippen LogP contribution in [0.15, 0.2) is 24.3 Å². The van der Waals surface area contributed by atoms with Crippen molar-refractivity contribution in [1.82, 2.24) is 5.32 Å². The van der Waals surface area contributed by atoms with E-state index in [0.29, 0.717) is 12.0 Å². The minimum absolute atomic E-state index is 0.232. The van der Waals surface area contributed by atoms with Gasteiger partial charge in [0.1, 0.15) is 5.82 Å². The van der Waals surface area contributed by atoms with Gasteiger partial charge in [-0.15, -0.1) is 0 Å². The average molecular weight is 183 g/mol. The summed E-state index contributed by atoms with van der Waals surface area (Å²) in [5.41, 5.74) is 0.524. The number of hydrogen-bond acceptors (Lipinski definition) is 1. The molecular formula is C9H10FNO2. The minimum Gasteiger partial charge on any atom is -0.465 e. The molecule has 0 aromatic heterocycles. The zero-order valence-corrected chi connectivity index (χ0v) is 6.96. The summed E-state index contributed by atoms with van der Waals surface area (Å²) in [4.78, 5) is 10.1. The first-order valence-electron chi connectivity index (χ1n) is 3.90. The van der Waals surface area contributed by atoms with E-state index in [9.17, 15) is 9.18 Å². The molecule has 0 atom stereocenters. The molecule has 3 nitrogen and oxygen atoms in total. The molecule has 4 heteroatoms. The molecular weight excluding hydrogens is 173 g/mol. The van der Waals surface area contributed by atoms with E-state index >= 15 is 0 Å². The largest absolute Gasteiger partial charge is 0.465 e. The van der Waals surface area contributed by atoms with Gasteiger partial charge in [-0.2, -0.15) is 0 Å². The molecule has 1 aromatic rings. The lowest BCUT2D eigenvalue weighted by atomic mass is 10.1. The SMILES string of the molecule is O=C(O)NCCc1ccccc1F. The molecule has 0 saturated carbocycles. The van der Waals surface area contributed by atoms with Crippen LogP contribution >= 0.6 is 0 Å². The maximum Gasteiger partial charge on any atom is 0.404 e. The fourth-order valence-electron chi connectivity index (χ4n) is 1.01. The summed E-state index contributed by atoms with van der Waals surface area (Å²) < 4.78 is 12.9. The third-order valence-corrected chi connectivity index (χ3v) is 1.63. The Bertz CT molecular complexity index is 301. The first kappa shape index (κ1) is 9.51. The van der Waals surface area contributed by atoms with Crippen LogP contribution in [-0.2, 0) is 6.42 Å². The number of hydrogen-bond donors (Lipinski definition) is 2. The molecule has 1 aromatic carbocycles. The number of halogens is 1. The van der Waals surface area contributed by atoms with Crippen LogP contribution in [0.5, 0.6) is 0 Å². The van der Waals surface area contributed by atoms with Gasteiger partial charge in [0, 0.05) is 6.54 Å². The van der Waals surface area contributed by atoms with Gasteiger partial charge in [0.25, 0.3) is 0 Å². The Morgan fingerprint density at radius 1 is 1.46 bits per heavy atom. The fourth-order valence-corrected chi connectivity index (χ4v) is 1.01. The van der Waals surface area contributed by atoms with Crippen molar-refractivity contribution in [3.63, 3.8) is 0 Å². The first-order chi connectivity index (χ1) is 6.20. The predicted molar refractivity (Wildman–Crippen MR) is 46.1 cm³/mol. The average Bonchev–Trinajstić information content (AvgIpc) is 2.08. The maximum atomic E-state index is 12.9. The van der Waals surface area contributed by atoms with Crippen molar-refractivity contribution in [3.05, 3.63) is 35.6 Å². The molecule has 0 saturated heterocycles. The van der Waals surface area contributed by atoms with Crippen LogP contribution in [0.25, 0.3) is 0 Å². The Morgan fingerprint density at radius 2 is 2.15 bits per heavy atom. The minimum atomic E-state index is -1.09. The maximum absolute atomic E-state index is 12.9. The van der Waals surface area contributed by atoms with Crippen molar-refractivity contribution in [2.45, 2.75) is 6.42 Å². The number of rotatable bonds is 3. The molecule has 0 aliphatic heterocycles. The van der Waals surface area contributed by atoms with Crippen molar-refractivity contribution in [1.29, 1.82) is 0 Å². The summed E-state index contributed by atoms with van der Waals surface area (Å²) in [6, 6.07) is 6.32. The predicted octanol–water partition coefficient (Wildman–Crippen LogP) is 1.64. The standard InChI is InChI=1S/C9H10FNO2/c10-8-4-2-1-3-7(8)5-6-11-9(12)13/h1-4,11H,5-6H2,(H,12,13). The van der Waals surface area contributed by atoms with E-state index in [1.54, 1.807) is 18.2 Å². The highest BCUT2D eigenvalue weighted by atomic mass is 19.1. The molecule has 0 unspecified atom stereocenters. The zero-order chi connectivity index (χ0) is 9.68. The topological polar surface area (TPSA) is 49.3 Å². The number of benzene rings is 1. The Hall–Kier alpha value is -1.58. The Labute approximate surface area is 75.2 Å². The molecule has 0 radical (unpaired) electrons. The molecule has 0 heterocycles. The Kier molecular flexibility index (Phi) is 3.25. The second kappa shape index (κ2) is 4.45. The van der Waals surface area contributed by atoms with Gasteiger partial charge in [-0.3, -0.25) is 0 Å². The van der Waals surface area contributed by atoms with E-state index in [0.717, 1.165) is 0 Å². The summed E-state index contributed by atoms with van der Waals surface area (Å²) >= 11 is 0. The zero-order valence-electron chi connectivity index (χ0n) is 6.96. The molecule has 1 amide bonds. The van der Waals surface area contributed by atoms with Crippen molar-refractivity contribution in [2.24, 2.45) is 0 Å². The van der Waals surface area contributed by atoms with Crippen LogP contribution < -0.4 is 5.32 Å². The van der Waals surface area contributed by atoms with Gasteiger partial charge >= 0.3 is 6.09 Å². The highest BCUT2D eigenvalue weighted by Crippen LogP contribution is 2.05. The van der Waals surface area contributed by atoms with Gasteiger partial charge in [0.05, 0.1) is 0 Å². The molecule has 70 valence electrons. The van der Waals surface area contributed by atoms with E-state index in [1.165, 1.54) is 6.07 Å². The van der Waals surface area contributed by atoms with E-state index in [-0.39, 0.29) is 12.4 Å². The molecule has 0 bridgehead atoms. The van der Waals surface area contributed by atoms with Crippen LogP contribution in [-0.4, -0.2) is 17.7 Å². The monoisotopic (exact) mass is 183 g/mol.